The summed E-state index contributed by atoms with van der Waals surface area (Å²) in [5.74, 6) is 0.882. The summed E-state index contributed by atoms with van der Waals surface area (Å²) in [6, 6.07) is 0.319. The molecule has 0 heterocycles. The minimum absolute atomic E-state index is 0.0532. The van der Waals surface area contributed by atoms with Gasteiger partial charge in [0.1, 0.15) is 0 Å². The minimum atomic E-state index is -0.0532. The lowest BCUT2D eigenvalue weighted by Crippen LogP contribution is -2.40. The third-order valence-corrected chi connectivity index (χ3v) is 2.37. The summed E-state index contributed by atoms with van der Waals surface area (Å²) >= 11 is 0. The fourth-order valence-electron chi connectivity index (χ4n) is 1.34. The topological polar surface area (TPSA) is 41.1 Å². The molecular weight excluding hydrogens is 152 g/mol. The van der Waals surface area contributed by atoms with Crippen LogP contribution in [0.15, 0.2) is 0 Å². The highest BCUT2D eigenvalue weighted by Gasteiger charge is 2.25. The molecular formula is C9H18N2O. The lowest BCUT2D eigenvalue weighted by Gasteiger charge is -2.15. The van der Waals surface area contributed by atoms with Crippen molar-refractivity contribution in [3.05, 3.63) is 0 Å². The molecule has 0 aromatic rings. The first-order valence-electron chi connectivity index (χ1n) is 4.74. The fourth-order valence-corrected chi connectivity index (χ4v) is 1.34. The monoisotopic (exact) mass is 170 g/mol. The standard InChI is InChI=1S/C9H18N2O/c1-3-8(6-7-4-5-7)11-9(12)10-2/h7-8H,3-6H2,1-2H3,(H2,10,11,12). The highest BCUT2D eigenvalue weighted by molar-refractivity contribution is 5.73. The van der Waals surface area contributed by atoms with Gasteiger partial charge in [0, 0.05) is 13.1 Å². The van der Waals surface area contributed by atoms with Crippen LogP contribution in [0.3, 0.4) is 0 Å². The molecule has 0 aliphatic heterocycles. The molecule has 0 aromatic heterocycles. The van der Waals surface area contributed by atoms with Crippen molar-refractivity contribution in [2.75, 3.05) is 7.05 Å². The molecule has 3 nitrogen and oxygen atoms in total. The molecule has 1 atom stereocenters. The van der Waals surface area contributed by atoms with Crippen molar-refractivity contribution in [3.8, 4) is 0 Å². The van der Waals surface area contributed by atoms with Gasteiger partial charge in [-0.1, -0.05) is 19.8 Å². The summed E-state index contributed by atoms with van der Waals surface area (Å²) in [6.45, 7) is 2.11. The average Bonchev–Trinajstić information content (AvgIpc) is 2.86. The van der Waals surface area contributed by atoms with Gasteiger partial charge >= 0.3 is 6.03 Å². The normalized spacial score (nSPS) is 18.5. The van der Waals surface area contributed by atoms with Crippen LogP contribution >= 0.6 is 0 Å². The largest absolute Gasteiger partial charge is 0.341 e. The Morgan fingerprint density at radius 3 is 2.67 bits per heavy atom. The van der Waals surface area contributed by atoms with Gasteiger partial charge in [0.15, 0.2) is 0 Å². The van der Waals surface area contributed by atoms with E-state index in [9.17, 15) is 4.79 Å². The minimum Gasteiger partial charge on any atom is -0.341 e. The predicted molar refractivity (Wildman–Crippen MR) is 49.0 cm³/mol. The van der Waals surface area contributed by atoms with E-state index in [4.69, 9.17) is 0 Å². The van der Waals surface area contributed by atoms with E-state index in [2.05, 4.69) is 17.6 Å². The number of carbonyl (C=O) groups is 1. The Labute approximate surface area is 73.9 Å². The maximum atomic E-state index is 11.0. The van der Waals surface area contributed by atoms with Crippen LogP contribution in [0, 0.1) is 5.92 Å². The molecule has 1 saturated carbocycles. The summed E-state index contributed by atoms with van der Waals surface area (Å²) in [5.41, 5.74) is 0. The molecule has 1 unspecified atom stereocenters. The summed E-state index contributed by atoms with van der Waals surface area (Å²) in [5, 5.41) is 5.51. The van der Waals surface area contributed by atoms with Crippen molar-refractivity contribution in [2.45, 2.75) is 38.6 Å². The van der Waals surface area contributed by atoms with E-state index in [1.807, 2.05) is 0 Å². The van der Waals surface area contributed by atoms with Crippen molar-refractivity contribution in [1.29, 1.82) is 0 Å². The third kappa shape index (κ3) is 3.11. The van der Waals surface area contributed by atoms with Crippen LogP contribution in [0.5, 0.6) is 0 Å². The Balaban J connectivity index is 2.18. The molecule has 1 aliphatic carbocycles. The van der Waals surface area contributed by atoms with Crippen LogP contribution in [0.1, 0.15) is 32.6 Å². The zero-order chi connectivity index (χ0) is 8.97. The molecule has 12 heavy (non-hydrogen) atoms. The van der Waals surface area contributed by atoms with E-state index in [-0.39, 0.29) is 6.03 Å². The molecule has 2 amide bonds. The van der Waals surface area contributed by atoms with Gasteiger partial charge in [0.2, 0.25) is 0 Å². The Bertz CT molecular complexity index is 155. The van der Waals surface area contributed by atoms with Crippen LogP contribution in [0.25, 0.3) is 0 Å². The maximum Gasteiger partial charge on any atom is 0.314 e. The molecule has 0 saturated heterocycles. The lowest BCUT2D eigenvalue weighted by molar-refractivity contribution is 0.237. The maximum absolute atomic E-state index is 11.0. The van der Waals surface area contributed by atoms with Crippen molar-refractivity contribution in [3.63, 3.8) is 0 Å². The molecule has 1 aliphatic rings. The highest BCUT2D eigenvalue weighted by Crippen LogP contribution is 2.33. The van der Waals surface area contributed by atoms with Crippen LogP contribution in [-0.4, -0.2) is 19.1 Å². The van der Waals surface area contributed by atoms with Gasteiger partial charge in [0.25, 0.3) is 0 Å². The quantitative estimate of drug-likeness (QED) is 0.659. The second-order valence-corrected chi connectivity index (χ2v) is 3.51. The number of amides is 2. The Morgan fingerprint density at radius 2 is 2.25 bits per heavy atom. The molecule has 70 valence electrons. The Hall–Kier alpha value is -0.730. The highest BCUT2D eigenvalue weighted by atomic mass is 16.2. The van der Waals surface area contributed by atoms with E-state index >= 15 is 0 Å². The van der Waals surface area contributed by atoms with Crippen LogP contribution in [0.4, 0.5) is 4.79 Å². The molecule has 0 aromatic carbocycles. The van der Waals surface area contributed by atoms with Crippen molar-refractivity contribution < 1.29 is 4.79 Å². The second-order valence-electron chi connectivity index (χ2n) is 3.51. The van der Waals surface area contributed by atoms with Gasteiger partial charge in [-0.15, -0.1) is 0 Å². The van der Waals surface area contributed by atoms with E-state index in [1.165, 1.54) is 12.8 Å². The first-order valence-corrected chi connectivity index (χ1v) is 4.74. The number of hydrogen-bond donors (Lipinski definition) is 2. The lowest BCUT2D eigenvalue weighted by atomic mass is 10.1. The smallest absolute Gasteiger partial charge is 0.314 e. The first-order chi connectivity index (χ1) is 5.76. The van der Waals surface area contributed by atoms with Crippen LogP contribution in [-0.2, 0) is 0 Å². The number of nitrogens with one attached hydrogen (secondary N) is 2. The molecule has 0 bridgehead atoms. The zero-order valence-corrected chi connectivity index (χ0v) is 7.89. The molecule has 0 radical (unpaired) electrons. The first kappa shape index (κ1) is 9.36. The number of urea groups is 1. The predicted octanol–water partition coefficient (Wildman–Crippen LogP) is 1.49. The number of rotatable bonds is 4. The number of hydrogen-bond acceptors (Lipinski definition) is 1. The van der Waals surface area contributed by atoms with Gasteiger partial charge in [-0.3, -0.25) is 0 Å². The van der Waals surface area contributed by atoms with Gasteiger partial charge < -0.3 is 10.6 Å². The van der Waals surface area contributed by atoms with Gasteiger partial charge in [-0.05, 0) is 18.8 Å². The van der Waals surface area contributed by atoms with Crippen molar-refractivity contribution in [1.82, 2.24) is 10.6 Å². The molecule has 2 N–H and O–H groups in total. The molecule has 1 fully saturated rings. The number of carbonyl (C=O) groups excluding carboxylic acids is 1. The SMILES string of the molecule is CCC(CC1CC1)NC(=O)NC. The Morgan fingerprint density at radius 1 is 1.58 bits per heavy atom. The van der Waals surface area contributed by atoms with Gasteiger partial charge in [-0.25, -0.2) is 4.79 Å². The summed E-state index contributed by atoms with van der Waals surface area (Å²) < 4.78 is 0. The molecule has 0 spiro atoms. The van der Waals surface area contributed by atoms with Crippen molar-refractivity contribution in [2.24, 2.45) is 5.92 Å². The summed E-state index contributed by atoms with van der Waals surface area (Å²) in [6.07, 6.45) is 4.89. The van der Waals surface area contributed by atoms with E-state index < -0.39 is 0 Å². The zero-order valence-electron chi connectivity index (χ0n) is 7.89. The van der Waals surface area contributed by atoms with Crippen molar-refractivity contribution >= 4 is 6.03 Å². The fraction of sp³-hybridized carbons (Fsp3) is 0.889. The van der Waals surface area contributed by atoms with Crippen LogP contribution in [0.2, 0.25) is 0 Å². The Kier molecular flexibility index (Phi) is 3.38. The summed E-state index contributed by atoms with van der Waals surface area (Å²) in [7, 11) is 1.65. The van der Waals surface area contributed by atoms with Gasteiger partial charge in [0.05, 0.1) is 0 Å². The van der Waals surface area contributed by atoms with E-state index in [0.29, 0.717) is 6.04 Å². The van der Waals surface area contributed by atoms with Crippen LogP contribution < -0.4 is 10.6 Å². The second kappa shape index (κ2) is 4.33. The molecule has 1 rings (SSSR count). The third-order valence-electron chi connectivity index (χ3n) is 2.37. The summed E-state index contributed by atoms with van der Waals surface area (Å²) in [4.78, 5) is 11.0. The molecule has 3 heteroatoms. The average molecular weight is 170 g/mol. The van der Waals surface area contributed by atoms with E-state index in [1.54, 1.807) is 7.05 Å². The van der Waals surface area contributed by atoms with Gasteiger partial charge in [-0.2, -0.15) is 0 Å². The van der Waals surface area contributed by atoms with E-state index in [0.717, 1.165) is 18.8 Å².